The average Bonchev–Trinajstić information content (AvgIpc) is 3.92. The van der Waals surface area contributed by atoms with Gasteiger partial charge in [0.2, 0.25) is 5.95 Å². The Balaban J connectivity index is 1.11. The van der Waals surface area contributed by atoms with Crippen molar-refractivity contribution in [1.29, 1.82) is 0 Å². The number of nitrogen functional groups attached to an aromatic ring is 1. The fourth-order valence-corrected chi connectivity index (χ4v) is 6.17. The van der Waals surface area contributed by atoms with Crippen LogP contribution < -0.4 is 16.4 Å². The molecule has 0 saturated heterocycles. The number of amides is 1. The standard InChI is InChI=1S/C35H29N11O2/c1-44-17-15-38-35(44)42-27-9-6-22(18-23(27)20-47)34(48)41-28-10-5-21-19-24(7-8-25(21)28)46-32(26-4-2-13-37-31(26)36)40-29-11-12-30(43-33(29)46)45-16-3-14-39-45/h2-4,6-9,11-20,28H,5,10H2,1H3,(H2,36,37)(H,38,42)(H,41,48)/t28-/m0/s1. The van der Waals surface area contributed by atoms with Crippen LogP contribution in [0.5, 0.6) is 0 Å². The highest BCUT2D eigenvalue weighted by Gasteiger charge is 2.27. The molecule has 0 spiro atoms. The molecule has 0 fully saturated rings. The van der Waals surface area contributed by atoms with Gasteiger partial charge < -0.3 is 20.9 Å². The Labute approximate surface area is 274 Å². The van der Waals surface area contributed by atoms with E-state index in [1.807, 2.05) is 60.3 Å². The average molecular weight is 636 g/mol. The van der Waals surface area contributed by atoms with Crippen LogP contribution >= 0.6 is 0 Å². The summed E-state index contributed by atoms with van der Waals surface area (Å²) in [6, 6.07) is 20.3. The van der Waals surface area contributed by atoms with Gasteiger partial charge in [0.15, 0.2) is 23.6 Å². The molecular formula is C35H29N11O2. The molecule has 1 aliphatic rings. The van der Waals surface area contributed by atoms with Crippen molar-refractivity contribution in [1.82, 2.24) is 44.2 Å². The highest BCUT2D eigenvalue weighted by atomic mass is 16.1. The molecule has 0 radical (unpaired) electrons. The topological polar surface area (TPSA) is 163 Å². The fraction of sp³-hybridized carbons (Fsp3) is 0.114. The van der Waals surface area contributed by atoms with Crippen molar-refractivity contribution in [3.8, 4) is 22.9 Å². The molecule has 13 heteroatoms. The number of benzene rings is 2. The number of aromatic nitrogens is 8. The molecule has 1 atom stereocenters. The van der Waals surface area contributed by atoms with Gasteiger partial charge in [0.05, 0.1) is 17.3 Å². The van der Waals surface area contributed by atoms with E-state index in [9.17, 15) is 9.59 Å². The first-order valence-corrected chi connectivity index (χ1v) is 15.3. The van der Waals surface area contributed by atoms with E-state index in [1.165, 1.54) is 0 Å². The van der Waals surface area contributed by atoms with Gasteiger partial charge in [-0.1, -0.05) is 6.07 Å². The third-order valence-corrected chi connectivity index (χ3v) is 8.58. The molecule has 0 bridgehead atoms. The summed E-state index contributed by atoms with van der Waals surface area (Å²) < 4.78 is 5.49. The van der Waals surface area contributed by atoms with E-state index < -0.39 is 0 Å². The number of nitrogens with one attached hydrogen (secondary N) is 2. The number of aldehydes is 1. The Hall–Kier alpha value is -6.63. The second kappa shape index (κ2) is 11.6. The SMILES string of the molecule is Cn1ccnc1Nc1ccc(C(=O)N[C@H]2CCc3cc(-n4c(-c5cccnc5N)nc5ccc(-n6cccn6)nc54)ccc32)cc1C=O. The van der Waals surface area contributed by atoms with E-state index in [-0.39, 0.29) is 11.9 Å². The lowest BCUT2D eigenvalue weighted by Crippen LogP contribution is -2.27. The maximum atomic E-state index is 13.4. The molecular weight excluding hydrogens is 606 g/mol. The van der Waals surface area contributed by atoms with Gasteiger partial charge in [-0.25, -0.2) is 24.6 Å². The van der Waals surface area contributed by atoms with Crippen LogP contribution in [-0.4, -0.2) is 51.0 Å². The Morgan fingerprint density at radius 3 is 2.69 bits per heavy atom. The number of pyridine rings is 2. The van der Waals surface area contributed by atoms with Crippen LogP contribution in [0, 0.1) is 0 Å². The molecule has 8 rings (SSSR count). The van der Waals surface area contributed by atoms with Gasteiger partial charge in [0.25, 0.3) is 5.91 Å². The molecule has 0 unspecified atom stereocenters. The van der Waals surface area contributed by atoms with Gasteiger partial charge in [-0.3, -0.25) is 14.2 Å². The van der Waals surface area contributed by atoms with E-state index in [2.05, 4.69) is 31.8 Å². The predicted octanol–water partition coefficient (Wildman–Crippen LogP) is 4.96. The molecule has 48 heavy (non-hydrogen) atoms. The molecule has 0 aliphatic heterocycles. The lowest BCUT2D eigenvalue weighted by Gasteiger charge is -2.16. The first kappa shape index (κ1) is 28.8. The molecule has 5 heterocycles. The van der Waals surface area contributed by atoms with E-state index in [0.717, 1.165) is 35.9 Å². The molecule has 236 valence electrons. The molecule has 13 nitrogen and oxygen atoms in total. The number of carbonyl (C=O) groups is 2. The van der Waals surface area contributed by atoms with E-state index in [4.69, 9.17) is 15.7 Å². The minimum absolute atomic E-state index is 0.191. The number of rotatable bonds is 8. The molecule has 7 aromatic rings. The van der Waals surface area contributed by atoms with Gasteiger partial charge in [0.1, 0.15) is 11.3 Å². The maximum absolute atomic E-state index is 13.4. The highest BCUT2D eigenvalue weighted by Crippen LogP contribution is 2.36. The zero-order valence-electron chi connectivity index (χ0n) is 25.8. The summed E-state index contributed by atoms with van der Waals surface area (Å²) in [6.45, 7) is 0. The number of hydrogen-bond donors (Lipinski definition) is 3. The zero-order chi connectivity index (χ0) is 32.8. The predicted molar refractivity (Wildman–Crippen MR) is 180 cm³/mol. The van der Waals surface area contributed by atoms with Crippen LogP contribution in [0.1, 0.15) is 44.3 Å². The zero-order valence-corrected chi connectivity index (χ0v) is 25.8. The Kier molecular flexibility index (Phi) is 6.98. The minimum atomic E-state index is -0.256. The first-order valence-electron chi connectivity index (χ1n) is 15.3. The van der Waals surface area contributed by atoms with Crippen LogP contribution in [0.2, 0.25) is 0 Å². The monoisotopic (exact) mass is 635 g/mol. The summed E-state index contributed by atoms with van der Waals surface area (Å²) in [5.74, 6) is 1.97. The Morgan fingerprint density at radius 1 is 0.979 bits per heavy atom. The summed E-state index contributed by atoms with van der Waals surface area (Å²) in [4.78, 5) is 43.8. The summed E-state index contributed by atoms with van der Waals surface area (Å²) >= 11 is 0. The normalized spacial score (nSPS) is 13.8. The third kappa shape index (κ3) is 5.03. The second-order valence-electron chi connectivity index (χ2n) is 11.5. The van der Waals surface area contributed by atoms with E-state index in [1.54, 1.807) is 52.2 Å². The summed E-state index contributed by atoms with van der Waals surface area (Å²) in [7, 11) is 1.85. The number of hydrogen-bond acceptors (Lipinski definition) is 9. The van der Waals surface area contributed by atoms with Gasteiger partial charge in [-0.2, -0.15) is 5.10 Å². The second-order valence-corrected chi connectivity index (χ2v) is 11.5. The Morgan fingerprint density at radius 2 is 1.90 bits per heavy atom. The quantitative estimate of drug-likeness (QED) is 0.196. The molecule has 5 aromatic heterocycles. The fourth-order valence-electron chi connectivity index (χ4n) is 6.17. The maximum Gasteiger partial charge on any atom is 0.251 e. The summed E-state index contributed by atoms with van der Waals surface area (Å²) in [6.07, 6.45) is 10.9. The number of carbonyl (C=O) groups excluding carboxylic acids is 2. The summed E-state index contributed by atoms with van der Waals surface area (Å²) in [5, 5.41) is 10.7. The summed E-state index contributed by atoms with van der Waals surface area (Å²) in [5.41, 5.74) is 12.7. The number of nitrogens with zero attached hydrogens (tertiary/aromatic N) is 8. The molecule has 0 saturated carbocycles. The van der Waals surface area contributed by atoms with Crippen LogP contribution in [0.3, 0.4) is 0 Å². The van der Waals surface area contributed by atoms with Crippen LogP contribution in [-0.2, 0) is 13.5 Å². The van der Waals surface area contributed by atoms with Gasteiger partial charge in [-0.05, 0) is 84.6 Å². The molecule has 4 N–H and O–H groups in total. The number of nitrogens with two attached hydrogens (primary N) is 1. The number of fused-ring (bicyclic) bond motifs is 2. The highest BCUT2D eigenvalue weighted by molar-refractivity contribution is 5.98. The molecule has 1 amide bonds. The van der Waals surface area contributed by atoms with Crippen molar-refractivity contribution in [3.05, 3.63) is 120 Å². The smallest absolute Gasteiger partial charge is 0.251 e. The van der Waals surface area contributed by atoms with E-state index in [0.29, 0.717) is 57.0 Å². The van der Waals surface area contributed by atoms with Gasteiger partial charge in [-0.15, -0.1) is 0 Å². The van der Waals surface area contributed by atoms with Crippen molar-refractivity contribution in [3.63, 3.8) is 0 Å². The number of anilines is 3. The van der Waals surface area contributed by atoms with Crippen LogP contribution in [0.25, 0.3) is 34.1 Å². The lowest BCUT2D eigenvalue weighted by molar-refractivity contribution is 0.0936. The number of aryl methyl sites for hydroxylation is 2. The van der Waals surface area contributed by atoms with Crippen molar-refractivity contribution < 1.29 is 9.59 Å². The van der Waals surface area contributed by atoms with Crippen LogP contribution in [0.15, 0.2) is 97.7 Å². The first-order chi connectivity index (χ1) is 23.5. The van der Waals surface area contributed by atoms with Crippen molar-refractivity contribution in [2.24, 2.45) is 7.05 Å². The van der Waals surface area contributed by atoms with Crippen molar-refractivity contribution >= 4 is 40.8 Å². The third-order valence-electron chi connectivity index (χ3n) is 8.58. The van der Waals surface area contributed by atoms with Crippen LogP contribution in [0.4, 0.5) is 17.5 Å². The lowest BCUT2D eigenvalue weighted by atomic mass is 10.1. The molecule has 1 aliphatic carbocycles. The van der Waals surface area contributed by atoms with Gasteiger partial charge >= 0.3 is 0 Å². The Bertz CT molecular complexity index is 2340. The van der Waals surface area contributed by atoms with Crippen molar-refractivity contribution in [2.45, 2.75) is 18.9 Å². The van der Waals surface area contributed by atoms with Gasteiger partial charge in [0, 0.05) is 54.8 Å². The van der Waals surface area contributed by atoms with E-state index >= 15 is 0 Å². The van der Waals surface area contributed by atoms with Crippen molar-refractivity contribution in [2.75, 3.05) is 11.1 Å². The molecule has 2 aromatic carbocycles. The number of imidazole rings is 2. The largest absolute Gasteiger partial charge is 0.383 e. The minimum Gasteiger partial charge on any atom is -0.383 e.